The fraction of sp³-hybridized carbons (Fsp3) is 0.316. The number of hydrogen-bond acceptors (Lipinski definition) is 4. The van der Waals surface area contributed by atoms with E-state index in [1.165, 1.54) is 11.1 Å². The minimum atomic E-state index is -0.0124. The highest BCUT2D eigenvalue weighted by Gasteiger charge is 2.27. The van der Waals surface area contributed by atoms with Crippen molar-refractivity contribution in [1.82, 2.24) is 10.1 Å². The smallest absolute Gasteiger partial charge is 0.259 e. The SMILES string of the molecule is Cc1ccc2c(c1)CCCN2C(=O)c1cc(C)nc2onc(C)c12. The van der Waals surface area contributed by atoms with E-state index < -0.39 is 0 Å². The van der Waals surface area contributed by atoms with Crippen LogP contribution in [-0.2, 0) is 6.42 Å². The Morgan fingerprint density at radius 2 is 2.04 bits per heavy atom. The van der Waals surface area contributed by atoms with Gasteiger partial charge in [-0.1, -0.05) is 22.9 Å². The second-order valence-electron chi connectivity index (χ2n) is 6.45. The molecule has 1 amide bonds. The third-order valence-corrected chi connectivity index (χ3v) is 4.57. The minimum Gasteiger partial charge on any atom is -0.336 e. The van der Waals surface area contributed by atoms with E-state index >= 15 is 0 Å². The first-order valence-electron chi connectivity index (χ1n) is 8.19. The molecule has 1 aliphatic heterocycles. The van der Waals surface area contributed by atoms with Gasteiger partial charge in [-0.15, -0.1) is 0 Å². The lowest BCUT2D eigenvalue weighted by Crippen LogP contribution is -2.35. The first kappa shape index (κ1) is 14.9. The number of hydrogen-bond donors (Lipinski definition) is 0. The van der Waals surface area contributed by atoms with E-state index in [-0.39, 0.29) is 5.91 Å². The van der Waals surface area contributed by atoms with E-state index in [0.717, 1.165) is 30.8 Å². The molecule has 0 N–H and O–H groups in total. The summed E-state index contributed by atoms with van der Waals surface area (Å²) in [5, 5.41) is 4.69. The first-order chi connectivity index (χ1) is 11.5. The molecule has 0 spiro atoms. The van der Waals surface area contributed by atoms with Crippen LogP contribution in [0.2, 0.25) is 0 Å². The standard InChI is InChI=1S/C19H19N3O2/c1-11-6-7-16-14(9-11)5-4-8-22(16)19(23)15-10-12(2)20-18-17(15)13(3)21-24-18/h6-7,9-10H,4-5,8H2,1-3H3. The number of pyridine rings is 1. The minimum absolute atomic E-state index is 0.0124. The van der Waals surface area contributed by atoms with Gasteiger partial charge in [0.25, 0.3) is 11.6 Å². The van der Waals surface area contributed by atoms with Crippen LogP contribution in [0, 0.1) is 20.8 Å². The highest BCUT2D eigenvalue weighted by Crippen LogP contribution is 2.31. The van der Waals surface area contributed by atoms with Crippen LogP contribution in [-0.4, -0.2) is 22.6 Å². The molecule has 0 bridgehead atoms. The van der Waals surface area contributed by atoms with Crippen molar-refractivity contribution in [3.8, 4) is 0 Å². The van der Waals surface area contributed by atoms with Crippen LogP contribution in [0.15, 0.2) is 28.8 Å². The summed E-state index contributed by atoms with van der Waals surface area (Å²) in [5.41, 5.74) is 5.96. The third-order valence-electron chi connectivity index (χ3n) is 4.57. The molecule has 0 unspecified atom stereocenters. The lowest BCUT2D eigenvalue weighted by molar-refractivity contribution is 0.0986. The molecular formula is C19H19N3O2. The van der Waals surface area contributed by atoms with Crippen molar-refractivity contribution < 1.29 is 9.32 Å². The number of benzene rings is 1. The summed E-state index contributed by atoms with van der Waals surface area (Å²) in [6.07, 6.45) is 1.98. The number of amides is 1. The molecule has 5 heteroatoms. The van der Waals surface area contributed by atoms with Crippen LogP contribution in [0.1, 0.15) is 39.3 Å². The number of rotatable bonds is 1. The molecular weight excluding hydrogens is 302 g/mol. The van der Waals surface area contributed by atoms with Gasteiger partial charge in [0.05, 0.1) is 16.6 Å². The summed E-state index contributed by atoms with van der Waals surface area (Å²) >= 11 is 0. The number of nitrogens with zero attached hydrogens (tertiary/aromatic N) is 3. The molecule has 0 saturated carbocycles. The fourth-order valence-corrected chi connectivity index (χ4v) is 3.47. The Hall–Kier alpha value is -2.69. The fourth-order valence-electron chi connectivity index (χ4n) is 3.47. The topological polar surface area (TPSA) is 59.2 Å². The van der Waals surface area contributed by atoms with Gasteiger partial charge < -0.3 is 9.42 Å². The maximum Gasteiger partial charge on any atom is 0.259 e. The van der Waals surface area contributed by atoms with E-state index in [2.05, 4.69) is 29.2 Å². The number of aromatic nitrogens is 2. The first-order valence-corrected chi connectivity index (χ1v) is 8.19. The van der Waals surface area contributed by atoms with Gasteiger partial charge >= 0.3 is 0 Å². The van der Waals surface area contributed by atoms with Gasteiger partial charge in [0.2, 0.25) is 0 Å². The van der Waals surface area contributed by atoms with Crippen molar-refractivity contribution in [2.75, 3.05) is 11.4 Å². The number of carbonyl (C=O) groups is 1. The van der Waals surface area contributed by atoms with Crippen LogP contribution in [0.5, 0.6) is 0 Å². The molecule has 4 rings (SSSR count). The van der Waals surface area contributed by atoms with Crippen molar-refractivity contribution in [1.29, 1.82) is 0 Å². The van der Waals surface area contributed by atoms with Crippen molar-refractivity contribution in [2.45, 2.75) is 33.6 Å². The number of fused-ring (bicyclic) bond motifs is 2. The molecule has 0 atom stereocenters. The summed E-state index contributed by atoms with van der Waals surface area (Å²) in [4.78, 5) is 19.5. The third kappa shape index (κ3) is 2.28. The largest absolute Gasteiger partial charge is 0.336 e. The highest BCUT2D eigenvalue weighted by atomic mass is 16.5. The molecule has 3 aromatic rings. The molecule has 1 aliphatic rings. The van der Waals surface area contributed by atoms with Crippen molar-refractivity contribution >= 4 is 22.7 Å². The molecule has 122 valence electrons. The Balaban J connectivity index is 1.85. The number of aryl methyl sites for hydroxylation is 4. The van der Waals surface area contributed by atoms with Gasteiger partial charge in [-0.2, -0.15) is 0 Å². The molecule has 1 aromatic carbocycles. The molecule has 3 heterocycles. The van der Waals surface area contributed by atoms with Gasteiger partial charge in [-0.3, -0.25) is 4.79 Å². The zero-order valence-corrected chi connectivity index (χ0v) is 14.1. The molecule has 0 radical (unpaired) electrons. The summed E-state index contributed by atoms with van der Waals surface area (Å²) in [7, 11) is 0. The second kappa shape index (κ2) is 5.44. The predicted molar refractivity (Wildman–Crippen MR) is 92.5 cm³/mol. The summed E-state index contributed by atoms with van der Waals surface area (Å²) in [6.45, 7) is 6.51. The van der Waals surface area contributed by atoms with E-state index in [1.54, 1.807) is 0 Å². The molecule has 2 aromatic heterocycles. The quantitative estimate of drug-likeness (QED) is 0.685. The van der Waals surface area contributed by atoms with E-state index in [9.17, 15) is 4.79 Å². The van der Waals surface area contributed by atoms with Crippen molar-refractivity contribution in [3.63, 3.8) is 0 Å². The van der Waals surface area contributed by atoms with E-state index in [1.807, 2.05) is 30.9 Å². The average molecular weight is 321 g/mol. The van der Waals surface area contributed by atoms with Gasteiger partial charge in [-0.25, -0.2) is 4.98 Å². The van der Waals surface area contributed by atoms with E-state index in [0.29, 0.717) is 22.4 Å². The Kier molecular flexibility index (Phi) is 3.37. The summed E-state index contributed by atoms with van der Waals surface area (Å²) in [6, 6.07) is 8.11. The Morgan fingerprint density at radius 3 is 2.88 bits per heavy atom. The molecule has 24 heavy (non-hydrogen) atoms. The zero-order valence-electron chi connectivity index (χ0n) is 14.1. The van der Waals surface area contributed by atoms with Crippen LogP contribution in [0.3, 0.4) is 0 Å². The van der Waals surface area contributed by atoms with Crippen LogP contribution < -0.4 is 4.90 Å². The highest BCUT2D eigenvalue weighted by molar-refractivity contribution is 6.14. The molecule has 5 nitrogen and oxygen atoms in total. The van der Waals surface area contributed by atoms with Crippen LogP contribution >= 0.6 is 0 Å². The van der Waals surface area contributed by atoms with E-state index in [4.69, 9.17) is 4.52 Å². The normalized spacial score (nSPS) is 14.0. The zero-order chi connectivity index (χ0) is 16.8. The molecule has 0 saturated heterocycles. The summed E-state index contributed by atoms with van der Waals surface area (Å²) < 4.78 is 5.26. The van der Waals surface area contributed by atoms with Crippen molar-refractivity contribution in [3.05, 3.63) is 52.3 Å². The Bertz CT molecular complexity index is 959. The predicted octanol–water partition coefficient (Wildman–Crippen LogP) is 3.74. The maximum absolute atomic E-state index is 13.3. The van der Waals surface area contributed by atoms with Gasteiger partial charge in [0, 0.05) is 17.9 Å². The summed E-state index contributed by atoms with van der Waals surface area (Å²) in [5.74, 6) is -0.0124. The van der Waals surface area contributed by atoms with Crippen molar-refractivity contribution in [2.24, 2.45) is 0 Å². The van der Waals surface area contributed by atoms with Crippen LogP contribution in [0.4, 0.5) is 5.69 Å². The lowest BCUT2D eigenvalue weighted by Gasteiger charge is -2.30. The average Bonchev–Trinajstić information content (AvgIpc) is 2.93. The van der Waals surface area contributed by atoms with Crippen LogP contribution in [0.25, 0.3) is 11.1 Å². The van der Waals surface area contributed by atoms with Gasteiger partial charge in [-0.05, 0) is 51.3 Å². The Morgan fingerprint density at radius 1 is 1.21 bits per heavy atom. The van der Waals surface area contributed by atoms with Gasteiger partial charge in [0.15, 0.2) is 0 Å². The number of anilines is 1. The lowest BCUT2D eigenvalue weighted by atomic mass is 9.98. The molecule has 0 aliphatic carbocycles. The van der Waals surface area contributed by atoms with Gasteiger partial charge in [0.1, 0.15) is 0 Å². The second-order valence-corrected chi connectivity index (χ2v) is 6.45. The molecule has 0 fully saturated rings. The monoisotopic (exact) mass is 321 g/mol. The number of carbonyl (C=O) groups excluding carboxylic acids is 1. The maximum atomic E-state index is 13.3. The Labute approximate surface area is 140 Å².